The van der Waals surface area contributed by atoms with Gasteiger partial charge >= 0.3 is 12.6 Å². The summed E-state index contributed by atoms with van der Waals surface area (Å²) in [4.78, 5) is 21.9. The smallest absolute Gasteiger partial charge is 0.435 e. The van der Waals surface area contributed by atoms with Crippen molar-refractivity contribution in [3.05, 3.63) is 65.2 Å². The van der Waals surface area contributed by atoms with Crippen molar-refractivity contribution in [3.63, 3.8) is 0 Å². The third-order valence-electron chi connectivity index (χ3n) is 6.60. The van der Waals surface area contributed by atoms with E-state index in [4.69, 9.17) is 45.3 Å². The van der Waals surface area contributed by atoms with Crippen molar-refractivity contribution in [3.8, 4) is 23.0 Å². The first kappa shape index (κ1) is 31.5. The van der Waals surface area contributed by atoms with Gasteiger partial charge in [-0.3, -0.25) is 18.9 Å². The highest BCUT2D eigenvalue weighted by molar-refractivity contribution is 8.07. The Morgan fingerprint density at radius 3 is 2.09 bits per heavy atom. The first-order valence-corrected chi connectivity index (χ1v) is 15.0. The van der Waals surface area contributed by atoms with Crippen molar-refractivity contribution in [1.82, 2.24) is 19.5 Å². The summed E-state index contributed by atoms with van der Waals surface area (Å²) in [5.74, 6) is -4.09. The minimum Gasteiger partial charge on any atom is -0.497 e. The first-order chi connectivity index (χ1) is 20.8. The van der Waals surface area contributed by atoms with Crippen LogP contribution < -0.4 is 29.8 Å². The molecular weight excluding hydrogens is 637 g/mol. The summed E-state index contributed by atoms with van der Waals surface area (Å²) in [6, 6.07) is 11.6. The lowest BCUT2D eigenvalue weighted by Crippen LogP contribution is -2.57. The molecule has 4 aromatic rings. The molecule has 3 heterocycles. The van der Waals surface area contributed by atoms with E-state index in [2.05, 4.69) is 15.0 Å². The minimum absolute atomic E-state index is 0.0459. The number of rotatable bonds is 11. The van der Waals surface area contributed by atoms with Crippen LogP contribution in [0.15, 0.2) is 59.7 Å². The molecule has 0 spiro atoms. The van der Waals surface area contributed by atoms with Gasteiger partial charge in [-0.25, -0.2) is 13.8 Å². The zero-order chi connectivity index (χ0) is 31.9. The molecule has 1 aliphatic rings. The number of aromatic nitrogens is 4. The number of aliphatic hydroxyl groups excluding tert-OH is 1. The fourth-order valence-electron chi connectivity index (χ4n) is 4.29. The van der Waals surface area contributed by atoms with Gasteiger partial charge in [0.05, 0.1) is 27.2 Å². The van der Waals surface area contributed by atoms with Crippen LogP contribution in [-0.4, -0.2) is 69.5 Å². The summed E-state index contributed by atoms with van der Waals surface area (Å²) >= 11 is 5.46. The van der Waals surface area contributed by atoms with Crippen LogP contribution in [0, 0.1) is 0 Å². The Balaban J connectivity index is 1.49. The van der Waals surface area contributed by atoms with Crippen molar-refractivity contribution >= 4 is 35.6 Å². The molecule has 44 heavy (non-hydrogen) atoms. The second-order valence-corrected chi connectivity index (χ2v) is 12.2. The molecule has 2 aromatic heterocycles. The molecule has 236 valence electrons. The van der Waals surface area contributed by atoms with E-state index in [1.807, 2.05) is 0 Å². The molecule has 4 N–H and O–H groups in total. The van der Waals surface area contributed by atoms with Gasteiger partial charge in [0.1, 0.15) is 23.0 Å². The summed E-state index contributed by atoms with van der Waals surface area (Å²) in [7, 11) is 2.86. The fourth-order valence-corrected chi connectivity index (χ4v) is 6.22. The molecule has 0 bridgehead atoms. The third kappa shape index (κ3) is 5.66. The zero-order valence-electron chi connectivity index (χ0n) is 22.7. The lowest BCUT2D eigenvalue weighted by atomic mass is 9.95. The Kier molecular flexibility index (Phi) is 8.48. The van der Waals surface area contributed by atoms with E-state index in [1.165, 1.54) is 62.8 Å². The molecule has 1 saturated heterocycles. The predicted molar refractivity (Wildman–Crippen MR) is 150 cm³/mol. The number of nitrogens with two attached hydrogens (primary N) is 1. The van der Waals surface area contributed by atoms with Gasteiger partial charge in [-0.15, -0.1) is 0 Å². The van der Waals surface area contributed by atoms with Crippen LogP contribution in [0.2, 0.25) is 0 Å². The third-order valence-corrected chi connectivity index (χ3v) is 8.68. The highest BCUT2D eigenvalue weighted by Gasteiger charge is 2.74. The number of fused-ring (bicyclic) bond motifs is 1. The number of nitrogens with one attached hydrogen (secondary N) is 1. The lowest BCUT2D eigenvalue weighted by molar-refractivity contribution is -0.241. The van der Waals surface area contributed by atoms with Crippen molar-refractivity contribution in [2.24, 2.45) is 0 Å². The number of halogens is 4. The average Bonchev–Trinajstić information content (AvgIpc) is 3.49. The molecule has 0 saturated carbocycles. The molecule has 1 fully saturated rings. The zero-order valence-corrected chi connectivity index (χ0v) is 24.4. The Hall–Kier alpha value is -3.96. The molecule has 0 amide bonds. The summed E-state index contributed by atoms with van der Waals surface area (Å²) in [6.07, 6.45) is -8.21. The number of benzene rings is 2. The number of imidazole rings is 1. The number of aliphatic hydroxyl groups is 1. The molecule has 1 aliphatic heterocycles. The van der Waals surface area contributed by atoms with E-state index in [0.29, 0.717) is 16.1 Å². The van der Waals surface area contributed by atoms with Gasteiger partial charge in [0, 0.05) is 11.8 Å². The monoisotopic (exact) mass is 661 g/mol. The number of aromatic amines is 1. The van der Waals surface area contributed by atoms with Crippen molar-refractivity contribution in [1.29, 1.82) is 0 Å². The molecule has 0 unspecified atom stereocenters. The van der Waals surface area contributed by atoms with Crippen LogP contribution >= 0.6 is 6.72 Å². The second kappa shape index (κ2) is 11.9. The standard InChI is InChI=1S/C25H24F4N5O8PS/c1-37-13-3-7-15(8-4-13)41-43(44,42-16-9-5-14(38-2)6-10-16)39-11-24(22(26)27)25(28,29)18(35)21(40-24)34-12-31-17-19(34)32-23(30)33-20(17)36/h3-10,12,18,21-22,35H,11H2,1-2H3,(H3,30,32,33,36)/t18-,21+,24-/m0/s1. The van der Waals surface area contributed by atoms with Crippen LogP contribution in [0.4, 0.5) is 23.5 Å². The number of nitrogen functional groups attached to an aromatic ring is 1. The summed E-state index contributed by atoms with van der Waals surface area (Å²) < 4.78 is 93.8. The number of anilines is 1. The summed E-state index contributed by atoms with van der Waals surface area (Å²) in [6.45, 7) is -5.82. The highest BCUT2D eigenvalue weighted by Crippen LogP contribution is 2.56. The van der Waals surface area contributed by atoms with Crippen molar-refractivity contribution < 1.29 is 50.5 Å². The van der Waals surface area contributed by atoms with Crippen LogP contribution in [0.3, 0.4) is 0 Å². The van der Waals surface area contributed by atoms with Gasteiger partial charge in [0.25, 0.3) is 12.0 Å². The Bertz CT molecular complexity index is 1690. The maximum atomic E-state index is 15.7. The van der Waals surface area contributed by atoms with Gasteiger partial charge in [0.15, 0.2) is 23.5 Å². The second-order valence-electron chi connectivity index (χ2n) is 9.30. The quantitative estimate of drug-likeness (QED) is 0.158. The predicted octanol–water partition coefficient (Wildman–Crippen LogP) is 3.65. The average molecular weight is 662 g/mol. The largest absolute Gasteiger partial charge is 0.497 e. The Morgan fingerprint density at radius 2 is 1.59 bits per heavy atom. The van der Waals surface area contributed by atoms with Crippen LogP contribution in [0.25, 0.3) is 11.2 Å². The van der Waals surface area contributed by atoms with Gasteiger partial charge in [0.2, 0.25) is 11.5 Å². The molecular formula is C25H24F4N5O8PS. The van der Waals surface area contributed by atoms with Gasteiger partial charge < -0.3 is 34.1 Å². The molecule has 5 rings (SSSR count). The number of hydrogen-bond acceptors (Lipinski definition) is 12. The van der Waals surface area contributed by atoms with E-state index in [9.17, 15) is 18.7 Å². The molecule has 13 nitrogen and oxygen atoms in total. The van der Waals surface area contributed by atoms with E-state index < -0.39 is 60.8 Å². The van der Waals surface area contributed by atoms with E-state index in [0.717, 1.165) is 6.33 Å². The van der Waals surface area contributed by atoms with E-state index in [-0.39, 0.29) is 17.0 Å². The van der Waals surface area contributed by atoms with E-state index in [1.54, 1.807) is 0 Å². The lowest BCUT2D eigenvalue weighted by Gasteiger charge is -2.34. The van der Waals surface area contributed by atoms with Crippen molar-refractivity contribution in [2.75, 3.05) is 26.6 Å². The number of alkyl halides is 4. The highest BCUT2D eigenvalue weighted by atomic mass is 32.5. The van der Waals surface area contributed by atoms with Gasteiger partial charge in [-0.2, -0.15) is 13.8 Å². The molecule has 0 radical (unpaired) electrons. The first-order valence-electron chi connectivity index (χ1n) is 12.5. The summed E-state index contributed by atoms with van der Waals surface area (Å²) in [5.41, 5.74) is 0.177. The Morgan fingerprint density at radius 1 is 1.07 bits per heavy atom. The molecule has 19 heteroatoms. The van der Waals surface area contributed by atoms with Crippen LogP contribution in [0.1, 0.15) is 6.23 Å². The molecule has 3 atom stereocenters. The van der Waals surface area contributed by atoms with Crippen LogP contribution in [-0.2, 0) is 21.1 Å². The minimum atomic E-state index is -4.66. The van der Waals surface area contributed by atoms with Gasteiger partial charge in [-0.1, -0.05) is 0 Å². The number of H-pyrrole nitrogens is 1. The normalized spacial score (nSPS) is 21.5. The van der Waals surface area contributed by atoms with Crippen molar-refractivity contribution in [2.45, 2.75) is 30.3 Å². The summed E-state index contributed by atoms with van der Waals surface area (Å²) in [5, 5.41) is 10.6. The van der Waals surface area contributed by atoms with E-state index >= 15 is 8.78 Å². The number of methoxy groups -OCH3 is 2. The number of ether oxygens (including phenoxy) is 3. The molecule has 0 aliphatic carbocycles. The maximum absolute atomic E-state index is 15.7. The van der Waals surface area contributed by atoms with Crippen LogP contribution in [0.5, 0.6) is 23.0 Å². The Labute approximate surface area is 250 Å². The number of hydrogen-bond donors (Lipinski definition) is 3. The number of nitrogens with zero attached hydrogens (tertiary/aromatic N) is 3. The maximum Gasteiger partial charge on any atom is 0.435 e. The van der Waals surface area contributed by atoms with Gasteiger partial charge in [-0.05, 0) is 48.5 Å². The fraction of sp³-hybridized carbons (Fsp3) is 0.320. The molecule has 2 aromatic carbocycles. The SMILES string of the molecule is COc1ccc(OP(=S)(OC[C@@]2(C(F)F)O[C@@H](n3cnc4c(=O)[nH]c(N)nc43)[C@H](O)C2(F)F)Oc2ccc(OC)cc2)cc1. The topological polar surface area (TPSA) is 165 Å².